The maximum Gasteiger partial charge on any atom is 0.355 e. The van der Waals surface area contributed by atoms with Crippen molar-refractivity contribution < 1.29 is 61.7 Å². The van der Waals surface area contributed by atoms with Gasteiger partial charge in [-0.15, -0.1) is 23.1 Å². The zero-order chi connectivity index (χ0) is 61.2. The van der Waals surface area contributed by atoms with E-state index in [0.717, 1.165) is 27.6 Å². The summed E-state index contributed by atoms with van der Waals surface area (Å²) in [6, 6.07) is 49.6. The molecule has 2 aliphatic rings. The highest BCUT2D eigenvalue weighted by Crippen LogP contribution is 2.45. The number of nitrogens with one attached hydrogen (secondary N) is 2. The first kappa shape index (κ1) is 62.7. The number of methoxy groups -OCH3 is 3. The first-order valence-corrected chi connectivity index (χ1v) is 30.6. The zero-order valence-corrected chi connectivity index (χ0v) is 51.5. The number of carbonyl (C=O) groups is 3. The van der Waals surface area contributed by atoms with Crippen molar-refractivity contribution in [3.63, 3.8) is 0 Å². The lowest BCUT2D eigenvalue weighted by molar-refractivity contribution is -0.661. The molecule has 0 spiro atoms. The summed E-state index contributed by atoms with van der Waals surface area (Å²) in [6.07, 6.45) is 5.78. The summed E-state index contributed by atoms with van der Waals surface area (Å²) in [6.45, 7) is 0.752. The fraction of sp³-hybridized carbons (Fsp3) is 0.242. The van der Waals surface area contributed by atoms with E-state index in [0.29, 0.717) is 53.1 Å². The number of amides is 2. The monoisotopic (exact) mass is 1270 g/mol. The van der Waals surface area contributed by atoms with Crippen molar-refractivity contribution in [1.82, 2.24) is 15.2 Å². The second-order valence-electron chi connectivity index (χ2n) is 19.8. The van der Waals surface area contributed by atoms with Crippen LogP contribution in [0, 0.1) is 0 Å². The lowest BCUT2D eigenvalue weighted by Crippen LogP contribution is -2.71. The normalized spacial score (nSPS) is 15.0. The van der Waals surface area contributed by atoms with Crippen LogP contribution in [-0.2, 0) is 68.2 Å². The zero-order valence-electron chi connectivity index (χ0n) is 48.3. The average Bonchev–Trinajstić information content (AvgIpc) is 1.26. The number of nitrogens with zero attached hydrogens (tertiary/aromatic N) is 4. The number of para-hydroxylation sites is 1. The number of pyridine rings is 1. The number of thioether (sulfide) groups is 1. The molecule has 88 heavy (non-hydrogen) atoms. The van der Waals surface area contributed by atoms with Crippen molar-refractivity contribution in [3.8, 4) is 17.2 Å². The highest BCUT2D eigenvalue weighted by Gasteiger charge is 2.54. The molecular weight excluding hydrogens is 1200 g/mol. The van der Waals surface area contributed by atoms with Gasteiger partial charge in [-0.1, -0.05) is 150 Å². The molecule has 454 valence electrons. The quantitative estimate of drug-likeness (QED) is 0.00631. The topological polar surface area (TPSA) is 191 Å². The van der Waals surface area contributed by atoms with Gasteiger partial charge in [0, 0.05) is 48.4 Å². The van der Waals surface area contributed by atoms with Crippen LogP contribution in [-0.4, -0.2) is 112 Å². The summed E-state index contributed by atoms with van der Waals surface area (Å²) in [5.74, 6) is -0.959. The maximum absolute atomic E-state index is 15.1. The van der Waals surface area contributed by atoms with Gasteiger partial charge in [0.25, 0.3) is 11.8 Å². The van der Waals surface area contributed by atoms with Crippen LogP contribution in [0.2, 0.25) is 10.0 Å². The standard InChI is InChI=1S/C66H62Cl2N6O12S2/c1-78-33-35-81-42-84-59-52(67)37-47(55(68)60(59)85-43-82-36-34-79-2)39-86-72-56(53-41-88-65(69-53)71-66(48-20-7-4-8-21-48,49-22-9-5-10-23-49)50-24-11-6-12-25-50)61(75)70-57-62(76)74-58(64(77)83-38-44-27-29-51(80-3)30-28-44)46(40-87-63(57)74)19-16-32-73-31-15-18-45-17-13-14-26-54(45)73/h4-31,37,41,57,63H,32-36,38-40,42-43H2,1-3H3,(H-,69,70,71,75)/p+1. The van der Waals surface area contributed by atoms with Crippen LogP contribution >= 0.6 is 46.3 Å². The molecule has 2 aromatic heterocycles. The number of aromatic nitrogens is 2. The molecule has 22 heteroatoms. The third-order valence-electron chi connectivity index (χ3n) is 14.3. The number of ether oxygens (including phenoxy) is 8. The predicted molar refractivity (Wildman–Crippen MR) is 338 cm³/mol. The lowest BCUT2D eigenvalue weighted by atomic mass is 9.77. The van der Waals surface area contributed by atoms with Crippen LogP contribution in [0.1, 0.15) is 33.5 Å². The van der Waals surface area contributed by atoms with E-state index in [2.05, 4.69) is 20.4 Å². The van der Waals surface area contributed by atoms with E-state index in [1.54, 1.807) is 51.0 Å². The number of oxime groups is 1. The van der Waals surface area contributed by atoms with E-state index in [9.17, 15) is 9.59 Å². The molecule has 2 unspecified atom stereocenters. The van der Waals surface area contributed by atoms with Crippen LogP contribution in [0.4, 0.5) is 5.13 Å². The number of rotatable bonds is 30. The van der Waals surface area contributed by atoms with Gasteiger partial charge in [-0.2, -0.15) is 4.57 Å². The van der Waals surface area contributed by atoms with Gasteiger partial charge >= 0.3 is 5.97 Å². The number of benzene rings is 6. The summed E-state index contributed by atoms with van der Waals surface area (Å²) in [5, 5.41) is 13.7. The Balaban J connectivity index is 0.966. The van der Waals surface area contributed by atoms with Gasteiger partial charge in [-0.3, -0.25) is 14.5 Å². The van der Waals surface area contributed by atoms with E-state index >= 15 is 4.79 Å². The molecular formula is C66H63Cl2N6O12S2+. The number of anilines is 1. The van der Waals surface area contributed by atoms with Gasteiger partial charge in [0.1, 0.15) is 47.3 Å². The van der Waals surface area contributed by atoms with Crippen molar-refractivity contribution in [2.45, 2.75) is 36.7 Å². The minimum Gasteiger partial charge on any atom is -0.497 e. The molecule has 1 saturated heterocycles. The third-order valence-corrected chi connectivity index (χ3v) is 17.1. The van der Waals surface area contributed by atoms with E-state index in [4.69, 9.17) is 70.9 Å². The van der Waals surface area contributed by atoms with Gasteiger partial charge in [-0.25, -0.2) is 9.78 Å². The number of esters is 1. The molecule has 8 aromatic rings. The molecule has 0 saturated carbocycles. The number of thiazole rings is 1. The van der Waals surface area contributed by atoms with Crippen molar-refractivity contribution in [1.29, 1.82) is 0 Å². The van der Waals surface area contributed by atoms with Gasteiger partial charge in [0.2, 0.25) is 5.52 Å². The number of halogens is 2. The Hall–Kier alpha value is -8.31. The Morgan fingerprint density at radius 2 is 1.40 bits per heavy atom. The average molecular weight is 1270 g/mol. The minimum absolute atomic E-state index is 0.0369. The summed E-state index contributed by atoms with van der Waals surface area (Å²) in [4.78, 5) is 56.7. The fourth-order valence-electron chi connectivity index (χ4n) is 9.96. The molecule has 4 heterocycles. The first-order chi connectivity index (χ1) is 43.1. The van der Waals surface area contributed by atoms with Crippen molar-refractivity contribution in [3.05, 3.63) is 236 Å². The van der Waals surface area contributed by atoms with Crippen molar-refractivity contribution in [2.75, 3.05) is 72.4 Å². The van der Waals surface area contributed by atoms with Crippen LogP contribution < -0.4 is 29.4 Å². The maximum atomic E-state index is 15.1. The van der Waals surface area contributed by atoms with E-state index < -0.39 is 34.7 Å². The van der Waals surface area contributed by atoms with Gasteiger partial charge in [0.15, 0.2) is 48.7 Å². The van der Waals surface area contributed by atoms with E-state index in [-0.39, 0.29) is 78.7 Å². The Morgan fingerprint density at radius 1 is 0.773 bits per heavy atom. The van der Waals surface area contributed by atoms with Crippen LogP contribution in [0.5, 0.6) is 17.2 Å². The van der Waals surface area contributed by atoms with Crippen molar-refractivity contribution >= 4 is 85.8 Å². The number of hydrogen-bond acceptors (Lipinski definition) is 17. The number of fused-ring (bicyclic) bond motifs is 2. The lowest BCUT2D eigenvalue weighted by Gasteiger charge is -2.49. The SMILES string of the molecule is COCCOCOc1c(Cl)cc(CON=C(C(=O)NC2C(=O)N3C(C(=O)OCc4ccc(OC)cc4)=C(C=CC[n+]4cccc5ccccc54)CSC23)c2csc(NC(c3ccccc3)(c3ccccc3)c3ccccc3)n2)c(Cl)c1OCOCCOC. The third kappa shape index (κ3) is 14.6. The summed E-state index contributed by atoms with van der Waals surface area (Å²) in [5.41, 5.74) is 4.34. The highest BCUT2D eigenvalue weighted by molar-refractivity contribution is 8.00. The van der Waals surface area contributed by atoms with Crippen LogP contribution in [0.15, 0.2) is 198 Å². The smallest absolute Gasteiger partial charge is 0.355 e. The number of allylic oxidation sites excluding steroid dienone is 2. The molecule has 0 bridgehead atoms. The number of hydrogen-bond donors (Lipinski definition) is 2. The molecule has 0 aliphatic carbocycles. The van der Waals surface area contributed by atoms with Gasteiger partial charge < -0.3 is 53.4 Å². The minimum atomic E-state index is -1.12. The molecule has 2 atom stereocenters. The Kier molecular flexibility index (Phi) is 21.8. The molecule has 18 nitrogen and oxygen atoms in total. The molecule has 2 aliphatic heterocycles. The van der Waals surface area contributed by atoms with E-state index in [1.165, 1.54) is 34.1 Å². The van der Waals surface area contributed by atoms with Crippen LogP contribution in [0.25, 0.3) is 10.9 Å². The van der Waals surface area contributed by atoms with E-state index in [1.807, 2.05) is 146 Å². The molecule has 10 rings (SSSR count). The van der Waals surface area contributed by atoms with Gasteiger partial charge in [-0.05, 0) is 64.2 Å². The first-order valence-electron chi connectivity index (χ1n) is 27.9. The second kappa shape index (κ2) is 30.5. The Morgan fingerprint density at radius 3 is 2.05 bits per heavy atom. The molecule has 2 amide bonds. The summed E-state index contributed by atoms with van der Waals surface area (Å²) < 4.78 is 46.5. The molecule has 0 radical (unpaired) electrons. The number of β-lactam (4-membered cyclic amide) rings is 1. The van der Waals surface area contributed by atoms with Crippen molar-refractivity contribution in [2.24, 2.45) is 5.16 Å². The summed E-state index contributed by atoms with van der Waals surface area (Å²) in [7, 11) is 4.68. The molecule has 1 fully saturated rings. The summed E-state index contributed by atoms with van der Waals surface area (Å²) >= 11 is 16.5. The Labute approximate surface area is 527 Å². The molecule has 2 N–H and O–H groups in total. The second-order valence-corrected chi connectivity index (χ2v) is 22.6. The fourth-order valence-corrected chi connectivity index (χ4v) is 12.5. The highest BCUT2D eigenvalue weighted by atomic mass is 35.5. The predicted octanol–water partition coefficient (Wildman–Crippen LogP) is 10.9. The van der Waals surface area contributed by atoms with Crippen LogP contribution in [0.3, 0.4) is 0 Å². The Bertz CT molecular complexity index is 3680. The largest absolute Gasteiger partial charge is 0.497 e. The van der Waals surface area contributed by atoms with Gasteiger partial charge in [0.05, 0.1) is 43.6 Å². The molecule has 6 aromatic carbocycles. The number of carbonyl (C=O) groups excluding carboxylic acids is 3.